The zero-order chi connectivity index (χ0) is 10.7. The van der Waals surface area contributed by atoms with E-state index in [4.69, 9.17) is 0 Å². The molecule has 2 aromatic heterocycles. The van der Waals surface area contributed by atoms with E-state index < -0.39 is 0 Å². The average molecular weight is 204 g/mol. The van der Waals surface area contributed by atoms with E-state index in [0.29, 0.717) is 0 Å². The fraction of sp³-hybridized carbons (Fsp3) is 0.364. The highest BCUT2D eigenvalue weighted by atomic mass is 15.1. The molecule has 2 heterocycles. The largest absolute Gasteiger partial charge is 0.367 e. The van der Waals surface area contributed by atoms with Gasteiger partial charge in [0.1, 0.15) is 5.82 Å². The minimum absolute atomic E-state index is 0.956. The van der Waals surface area contributed by atoms with Crippen LogP contribution in [0.1, 0.15) is 5.82 Å². The Labute approximate surface area is 89.3 Å². The van der Waals surface area contributed by atoms with Crippen LogP contribution >= 0.6 is 0 Å². The van der Waals surface area contributed by atoms with E-state index in [-0.39, 0.29) is 0 Å². The third-order valence-corrected chi connectivity index (χ3v) is 2.58. The van der Waals surface area contributed by atoms with Crippen molar-refractivity contribution >= 4 is 0 Å². The molecule has 0 saturated carbocycles. The summed E-state index contributed by atoms with van der Waals surface area (Å²) in [5.74, 6) is 1.11. The third kappa shape index (κ3) is 1.94. The Morgan fingerprint density at radius 3 is 3.07 bits per heavy atom. The molecule has 0 aromatic carbocycles. The number of nitrogens with zero attached hydrogens (tertiary/aromatic N) is 2. The van der Waals surface area contributed by atoms with Gasteiger partial charge >= 0.3 is 0 Å². The molecule has 15 heavy (non-hydrogen) atoms. The lowest BCUT2D eigenvalue weighted by molar-refractivity contribution is 0.720. The highest BCUT2D eigenvalue weighted by Gasteiger charge is 2.07. The summed E-state index contributed by atoms with van der Waals surface area (Å²) < 4.78 is 2.14. The second-order valence-electron chi connectivity index (χ2n) is 3.57. The van der Waals surface area contributed by atoms with Gasteiger partial charge in [-0.3, -0.25) is 0 Å². The van der Waals surface area contributed by atoms with E-state index in [0.717, 1.165) is 24.5 Å². The van der Waals surface area contributed by atoms with Gasteiger partial charge in [0.05, 0.1) is 11.9 Å². The monoisotopic (exact) mass is 204 g/mol. The van der Waals surface area contributed by atoms with Crippen molar-refractivity contribution in [2.24, 2.45) is 7.05 Å². The fourth-order valence-corrected chi connectivity index (χ4v) is 1.67. The maximum absolute atomic E-state index is 4.42. The second kappa shape index (κ2) is 4.31. The summed E-state index contributed by atoms with van der Waals surface area (Å²) in [6.07, 6.45) is 6.79. The van der Waals surface area contributed by atoms with Gasteiger partial charge in [0.2, 0.25) is 0 Å². The lowest BCUT2D eigenvalue weighted by Gasteiger charge is -2.04. The molecule has 0 spiro atoms. The first-order valence-corrected chi connectivity index (χ1v) is 5.11. The number of likely N-dealkylation sites (N-methyl/N-ethyl adjacent to an activating group) is 1. The molecule has 0 aliphatic carbocycles. The fourth-order valence-electron chi connectivity index (χ4n) is 1.67. The number of H-pyrrole nitrogens is 1. The maximum Gasteiger partial charge on any atom is 0.110 e. The highest BCUT2D eigenvalue weighted by molar-refractivity contribution is 5.58. The van der Waals surface area contributed by atoms with Crippen molar-refractivity contribution in [3.8, 4) is 11.3 Å². The predicted octanol–water partition coefficient (Wildman–Crippen LogP) is 1.18. The number of rotatable bonds is 4. The van der Waals surface area contributed by atoms with Crippen LogP contribution in [0.5, 0.6) is 0 Å². The van der Waals surface area contributed by atoms with E-state index in [1.54, 1.807) is 0 Å². The van der Waals surface area contributed by atoms with Crippen molar-refractivity contribution in [1.82, 2.24) is 19.9 Å². The van der Waals surface area contributed by atoms with Gasteiger partial charge in [0, 0.05) is 38.0 Å². The van der Waals surface area contributed by atoms with Crippen LogP contribution in [0.25, 0.3) is 11.3 Å². The molecule has 2 aromatic rings. The minimum atomic E-state index is 0.956. The van der Waals surface area contributed by atoms with E-state index >= 15 is 0 Å². The summed E-state index contributed by atoms with van der Waals surface area (Å²) in [4.78, 5) is 7.47. The molecular weight excluding hydrogens is 188 g/mol. The first kappa shape index (κ1) is 9.98. The molecule has 4 nitrogen and oxygen atoms in total. The summed E-state index contributed by atoms with van der Waals surface area (Å²) in [7, 11) is 4.01. The summed E-state index contributed by atoms with van der Waals surface area (Å²) >= 11 is 0. The van der Waals surface area contributed by atoms with E-state index in [1.807, 2.05) is 25.6 Å². The smallest absolute Gasteiger partial charge is 0.110 e. The Balaban J connectivity index is 2.24. The minimum Gasteiger partial charge on any atom is -0.367 e. The Morgan fingerprint density at radius 2 is 2.40 bits per heavy atom. The number of aromatic amines is 1. The van der Waals surface area contributed by atoms with E-state index in [2.05, 4.69) is 33.0 Å². The zero-order valence-corrected chi connectivity index (χ0v) is 9.12. The Morgan fingerprint density at radius 1 is 1.53 bits per heavy atom. The van der Waals surface area contributed by atoms with E-state index in [9.17, 15) is 0 Å². The normalized spacial score (nSPS) is 10.8. The van der Waals surface area contributed by atoms with Gasteiger partial charge in [-0.25, -0.2) is 4.98 Å². The van der Waals surface area contributed by atoms with Crippen LogP contribution < -0.4 is 5.32 Å². The van der Waals surface area contributed by atoms with Crippen molar-refractivity contribution in [3.63, 3.8) is 0 Å². The van der Waals surface area contributed by atoms with Crippen molar-refractivity contribution < 1.29 is 0 Å². The second-order valence-corrected chi connectivity index (χ2v) is 3.57. The van der Waals surface area contributed by atoms with Crippen molar-refractivity contribution in [2.75, 3.05) is 13.6 Å². The molecule has 4 heteroatoms. The molecule has 0 unspecified atom stereocenters. The van der Waals surface area contributed by atoms with Gasteiger partial charge in [-0.15, -0.1) is 0 Å². The Bertz CT molecular complexity index is 414. The van der Waals surface area contributed by atoms with Crippen LogP contribution in [0, 0.1) is 0 Å². The van der Waals surface area contributed by atoms with Gasteiger partial charge in [0.15, 0.2) is 0 Å². The summed E-state index contributed by atoms with van der Waals surface area (Å²) in [6, 6.07) is 2.05. The number of nitrogens with one attached hydrogen (secondary N) is 2. The molecule has 0 fully saturated rings. The average Bonchev–Trinajstić information content (AvgIpc) is 2.84. The SMILES string of the molecule is CNCCc1ncc(-c2cc[nH]c2)n1C. The van der Waals surface area contributed by atoms with Crippen molar-refractivity contribution in [2.45, 2.75) is 6.42 Å². The Kier molecular flexibility index (Phi) is 2.87. The molecule has 0 saturated heterocycles. The molecule has 0 bridgehead atoms. The molecule has 0 radical (unpaired) electrons. The van der Waals surface area contributed by atoms with Crippen LogP contribution in [0.15, 0.2) is 24.7 Å². The van der Waals surface area contributed by atoms with Gasteiger partial charge in [-0.05, 0) is 13.1 Å². The van der Waals surface area contributed by atoms with Crippen LogP contribution in [0.3, 0.4) is 0 Å². The van der Waals surface area contributed by atoms with Gasteiger partial charge in [-0.2, -0.15) is 0 Å². The van der Waals surface area contributed by atoms with Crippen LogP contribution in [0.2, 0.25) is 0 Å². The topological polar surface area (TPSA) is 45.6 Å². The van der Waals surface area contributed by atoms with E-state index in [1.165, 1.54) is 5.56 Å². The number of hydrogen-bond acceptors (Lipinski definition) is 2. The quantitative estimate of drug-likeness (QED) is 0.785. The lowest BCUT2D eigenvalue weighted by atomic mass is 10.2. The van der Waals surface area contributed by atoms with Crippen molar-refractivity contribution in [3.05, 3.63) is 30.5 Å². The summed E-state index contributed by atoms with van der Waals surface area (Å²) in [5, 5.41) is 3.13. The highest BCUT2D eigenvalue weighted by Crippen LogP contribution is 2.18. The first-order valence-electron chi connectivity index (χ1n) is 5.11. The van der Waals surface area contributed by atoms with Gasteiger partial charge < -0.3 is 14.9 Å². The van der Waals surface area contributed by atoms with Gasteiger partial charge in [-0.1, -0.05) is 0 Å². The maximum atomic E-state index is 4.42. The molecule has 2 rings (SSSR count). The molecule has 0 atom stereocenters. The summed E-state index contributed by atoms with van der Waals surface area (Å²) in [5.41, 5.74) is 2.34. The van der Waals surface area contributed by atoms with Crippen LogP contribution in [-0.2, 0) is 13.5 Å². The molecule has 0 aliphatic heterocycles. The third-order valence-electron chi connectivity index (χ3n) is 2.58. The first-order chi connectivity index (χ1) is 7.33. The van der Waals surface area contributed by atoms with Crippen molar-refractivity contribution in [1.29, 1.82) is 0 Å². The molecule has 80 valence electrons. The molecule has 0 amide bonds. The summed E-state index contributed by atoms with van der Waals surface area (Å²) in [6.45, 7) is 0.956. The number of imidazole rings is 1. The van der Waals surface area contributed by atoms with Gasteiger partial charge in [0.25, 0.3) is 0 Å². The number of hydrogen-bond donors (Lipinski definition) is 2. The van der Waals surface area contributed by atoms with Crippen LogP contribution in [0.4, 0.5) is 0 Å². The number of aromatic nitrogens is 3. The predicted molar refractivity (Wildman–Crippen MR) is 60.6 cm³/mol. The molecule has 0 aliphatic rings. The molecular formula is C11H16N4. The standard InChI is InChI=1S/C11H16N4/c1-12-5-4-11-14-8-10(15(11)2)9-3-6-13-7-9/h3,6-8,12-13H,4-5H2,1-2H3. The lowest BCUT2D eigenvalue weighted by Crippen LogP contribution is -2.13. The Hall–Kier alpha value is -1.55. The zero-order valence-electron chi connectivity index (χ0n) is 9.12. The molecule has 2 N–H and O–H groups in total. The van der Waals surface area contributed by atoms with Crippen LogP contribution in [-0.4, -0.2) is 28.1 Å².